The van der Waals surface area contributed by atoms with Gasteiger partial charge >= 0.3 is 11.9 Å². The third-order valence-corrected chi connectivity index (χ3v) is 7.26. The average Bonchev–Trinajstić information content (AvgIpc) is 2.98. The predicted octanol–water partition coefficient (Wildman–Crippen LogP) is 7.91. The summed E-state index contributed by atoms with van der Waals surface area (Å²) in [6.07, 6.45) is 26.8. The summed E-state index contributed by atoms with van der Waals surface area (Å²) in [7, 11) is 0. The van der Waals surface area contributed by atoms with E-state index in [2.05, 4.69) is 45.1 Å². The minimum atomic E-state index is -1.07. The highest BCUT2D eigenvalue weighted by molar-refractivity contribution is 5.69. The van der Waals surface area contributed by atoms with E-state index in [0.29, 0.717) is 19.3 Å². The zero-order chi connectivity index (χ0) is 32.0. The quantitative estimate of drug-likeness (QED) is 0.0449. The van der Waals surface area contributed by atoms with Crippen molar-refractivity contribution in [3.8, 4) is 0 Å². The maximum atomic E-state index is 11.9. The molecule has 0 aliphatic carbocycles. The van der Waals surface area contributed by atoms with Gasteiger partial charge in [0.25, 0.3) is 0 Å². The third-order valence-electron chi connectivity index (χ3n) is 7.26. The lowest BCUT2D eigenvalue weighted by atomic mass is 10.0. The molecule has 0 saturated carbocycles. The van der Waals surface area contributed by atoms with Crippen LogP contribution in [0.3, 0.4) is 0 Å². The highest BCUT2D eigenvalue weighted by atomic mass is 16.6. The van der Waals surface area contributed by atoms with Gasteiger partial charge in [-0.05, 0) is 57.3 Å². The molecule has 2 unspecified atom stereocenters. The number of rotatable bonds is 29. The molecule has 0 aliphatic rings. The van der Waals surface area contributed by atoms with E-state index in [0.717, 1.165) is 44.4 Å². The first-order valence-electron chi connectivity index (χ1n) is 17.1. The van der Waals surface area contributed by atoms with E-state index < -0.39 is 24.3 Å². The molecule has 250 valence electrons. The molecular formula is C36H64O7. The highest BCUT2D eigenvalue weighted by Gasteiger charge is 2.16. The first-order valence-corrected chi connectivity index (χ1v) is 17.1. The molecule has 0 amide bonds. The van der Waals surface area contributed by atoms with Crippen LogP contribution in [-0.2, 0) is 19.1 Å². The molecule has 0 aromatic rings. The minimum absolute atomic E-state index is 0.0711. The molecule has 0 spiro atoms. The lowest BCUT2D eigenvalue weighted by Crippen LogP contribution is -2.26. The fraction of sp³-hybridized carbons (Fsp3) is 0.778. The van der Waals surface area contributed by atoms with Crippen molar-refractivity contribution in [1.82, 2.24) is 0 Å². The Bertz CT molecular complexity index is 744. The minimum Gasteiger partial charge on any atom is -0.463 e. The van der Waals surface area contributed by atoms with E-state index in [-0.39, 0.29) is 32.0 Å². The van der Waals surface area contributed by atoms with Crippen LogP contribution in [0.5, 0.6) is 0 Å². The summed E-state index contributed by atoms with van der Waals surface area (Å²) < 4.78 is 10.1. The second-order valence-electron chi connectivity index (χ2n) is 12.1. The summed E-state index contributed by atoms with van der Waals surface area (Å²) in [6, 6.07) is 0. The summed E-state index contributed by atoms with van der Waals surface area (Å²) in [5.41, 5.74) is 0. The van der Waals surface area contributed by atoms with Gasteiger partial charge in [-0.15, -0.1) is 0 Å². The van der Waals surface area contributed by atoms with Crippen LogP contribution in [0.1, 0.15) is 143 Å². The Labute approximate surface area is 262 Å². The second-order valence-corrected chi connectivity index (χ2v) is 12.1. The molecule has 0 radical (unpaired) electrons. The van der Waals surface area contributed by atoms with E-state index in [4.69, 9.17) is 9.47 Å². The van der Waals surface area contributed by atoms with Crippen molar-refractivity contribution in [1.29, 1.82) is 0 Å². The highest BCUT2D eigenvalue weighted by Crippen LogP contribution is 2.13. The first-order chi connectivity index (χ1) is 20.8. The Morgan fingerprint density at radius 2 is 1.14 bits per heavy atom. The van der Waals surface area contributed by atoms with Crippen LogP contribution in [0, 0.1) is 5.92 Å². The van der Waals surface area contributed by atoms with E-state index >= 15 is 0 Å². The number of ether oxygens (including phenoxy) is 2. The first kappa shape index (κ1) is 41.0. The van der Waals surface area contributed by atoms with Crippen molar-refractivity contribution < 1.29 is 34.4 Å². The number of carbonyl (C=O) groups excluding carboxylic acids is 2. The largest absolute Gasteiger partial charge is 0.463 e. The summed E-state index contributed by atoms with van der Waals surface area (Å²) in [5, 5.41) is 30.2. The van der Waals surface area contributed by atoms with Gasteiger partial charge in [0.05, 0.1) is 12.2 Å². The summed E-state index contributed by atoms with van der Waals surface area (Å²) in [5.74, 6) is -0.0719. The molecule has 0 saturated heterocycles. The Morgan fingerprint density at radius 1 is 0.605 bits per heavy atom. The third kappa shape index (κ3) is 29.9. The summed E-state index contributed by atoms with van der Waals surface area (Å²) >= 11 is 0. The molecule has 3 N–H and O–H groups in total. The number of aliphatic hydroxyl groups excluding tert-OH is 3. The SMILES string of the molecule is CCCCC/C=C\C/C=C\C/C=C\CC(O)C(O)CCCC(=O)OC[C@@H](O)COC(=O)CCCCCCCCCC(C)C. The molecular weight excluding hydrogens is 544 g/mol. The van der Waals surface area contributed by atoms with Crippen LogP contribution in [0.2, 0.25) is 0 Å². The standard InChI is InChI=1S/C36H64O7/c1-4-5-6-7-8-9-10-11-12-15-18-21-25-33(38)34(39)26-23-28-36(41)43-30-32(37)29-42-35(40)27-22-19-16-13-14-17-20-24-31(2)3/h8-9,11-12,18,21,31-34,37-39H,4-7,10,13-17,19-20,22-30H2,1-3H3/b9-8-,12-11-,21-18-/t32-,33?,34?/m0/s1. The molecule has 7 heteroatoms. The van der Waals surface area contributed by atoms with Gasteiger partial charge < -0.3 is 24.8 Å². The van der Waals surface area contributed by atoms with Gasteiger partial charge in [-0.1, -0.05) is 115 Å². The Balaban J connectivity index is 3.76. The fourth-order valence-electron chi connectivity index (χ4n) is 4.49. The molecule has 0 rings (SSSR count). The van der Waals surface area contributed by atoms with E-state index in [9.17, 15) is 24.9 Å². The lowest BCUT2D eigenvalue weighted by molar-refractivity contribution is -0.152. The Hall–Kier alpha value is -1.96. The molecule has 0 heterocycles. The van der Waals surface area contributed by atoms with Crippen molar-refractivity contribution in [2.24, 2.45) is 5.92 Å². The molecule has 3 atom stereocenters. The van der Waals surface area contributed by atoms with Crippen LogP contribution < -0.4 is 0 Å². The Morgan fingerprint density at radius 3 is 1.74 bits per heavy atom. The van der Waals surface area contributed by atoms with Gasteiger partial charge in [-0.3, -0.25) is 9.59 Å². The van der Waals surface area contributed by atoms with E-state index in [1.807, 2.05) is 12.2 Å². The zero-order valence-corrected chi connectivity index (χ0v) is 27.6. The van der Waals surface area contributed by atoms with Crippen molar-refractivity contribution >= 4 is 11.9 Å². The molecule has 43 heavy (non-hydrogen) atoms. The summed E-state index contributed by atoms with van der Waals surface area (Å²) in [4.78, 5) is 23.8. The van der Waals surface area contributed by atoms with E-state index in [1.54, 1.807) is 0 Å². The zero-order valence-electron chi connectivity index (χ0n) is 27.6. The number of aliphatic hydroxyl groups is 3. The number of hydrogen-bond donors (Lipinski definition) is 3. The van der Waals surface area contributed by atoms with Crippen LogP contribution in [-0.4, -0.2) is 58.8 Å². The van der Waals surface area contributed by atoms with Crippen molar-refractivity contribution in [2.75, 3.05) is 13.2 Å². The fourth-order valence-corrected chi connectivity index (χ4v) is 4.49. The van der Waals surface area contributed by atoms with Gasteiger partial charge in [0.1, 0.15) is 19.3 Å². The smallest absolute Gasteiger partial charge is 0.305 e. The van der Waals surface area contributed by atoms with Gasteiger partial charge in [-0.2, -0.15) is 0 Å². The van der Waals surface area contributed by atoms with Gasteiger partial charge in [0.2, 0.25) is 0 Å². The van der Waals surface area contributed by atoms with Gasteiger partial charge in [0.15, 0.2) is 0 Å². The van der Waals surface area contributed by atoms with Gasteiger partial charge in [-0.25, -0.2) is 0 Å². The normalized spacial score (nSPS) is 14.2. The Kier molecular flexibility index (Phi) is 28.7. The molecule has 0 bridgehead atoms. The molecule has 7 nitrogen and oxygen atoms in total. The number of hydrogen-bond acceptors (Lipinski definition) is 7. The van der Waals surface area contributed by atoms with Crippen molar-refractivity contribution in [3.63, 3.8) is 0 Å². The van der Waals surface area contributed by atoms with Crippen LogP contribution in [0.25, 0.3) is 0 Å². The summed E-state index contributed by atoms with van der Waals surface area (Å²) in [6.45, 7) is 6.26. The monoisotopic (exact) mass is 608 g/mol. The van der Waals surface area contributed by atoms with Crippen LogP contribution in [0.15, 0.2) is 36.5 Å². The maximum absolute atomic E-state index is 11.9. The molecule has 0 aromatic heterocycles. The number of unbranched alkanes of at least 4 members (excludes halogenated alkanes) is 9. The second kappa shape index (κ2) is 30.1. The predicted molar refractivity (Wildman–Crippen MR) is 176 cm³/mol. The van der Waals surface area contributed by atoms with Crippen LogP contribution in [0.4, 0.5) is 0 Å². The average molecular weight is 609 g/mol. The number of carbonyl (C=O) groups is 2. The van der Waals surface area contributed by atoms with Crippen molar-refractivity contribution in [3.05, 3.63) is 36.5 Å². The molecule has 0 aliphatic heterocycles. The molecule has 0 aromatic carbocycles. The number of esters is 2. The van der Waals surface area contributed by atoms with Crippen molar-refractivity contribution in [2.45, 2.75) is 161 Å². The molecule has 0 fully saturated rings. The maximum Gasteiger partial charge on any atom is 0.305 e. The van der Waals surface area contributed by atoms with Gasteiger partial charge in [0, 0.05) is 12.8 Å². The number of allylic oxidation sites excluding steroid dienone is 5. The van der Waals surface area contributed by atoms with Crippen LogP contribution >= 0.6 is 0 Å². The van der Waals surface area contributed by atoms with E-state index in [1.165, 1.54) is 51.4 Å². The topological polar surface area (TPSA) is 113 Å². The lowest BCUT2D eigenvalue weighted by Gasteiger charge is -2.16.